The number of hydrogen-bond acceptors (Lipinski definition) is 4. The Morgan fingerprint density at radius 1 is 1.00 bits per heavy atom. The SMILES string of the molecule is CC(NS(=O)(=O)c1ccc(C#N)cc1)C(=O)Nc1ccc2ccccc2c1. The molecule has 0 saturated carbocycles. The van der Waals surface area contributed by atoms with Crippen LogP contribution in [0.15, 0.2) is 71.6 Å². The van der Waals surface area contributed by atoms with Crippen LogP contribution in [0, 0.1) is 11.3 Å². The summed E-state index contributed by atoms with van der Waals surface area (Å²) >= 11 is 0. The summed E-state index contributed by atoms with van der Waals surface area (Å²) in [6, 6.07) is 19.6. The van der Waals surface area contributed by atoms with Gasteiger partial charge >= 0.3 is 0 Å². The third-order valence-corrected chi connectivity index (χ3v) is 5.59. The highest BCUT2D eigenvalue weighted by Crippen LogP contribution is 2.19. The van der Waals surface area contributed by atoms with Crippen LogP contribution >= 0.6 is 0 Å². The van der Waals surface area contributed by atoms with Crippen LogP contribution in [0.2, 0.25) is 0 Å². The maximum atomic E-state index is 12.4. The van der Waals surface area contributed by atoms with E-state index >= 15 is 0 Å². The number of nitriles is 1. The number of amides is 1. The lowest BCUT2D eigenvalue weighted by atomic mass is 10.1. The fourth-order valence-electron chi connectivity index (χ4n) is 2.58. The molecule has 0 aromatic heterocycles. The van der Waals surface area contributed by atoms with Crippen LogP contribution in [0.25, 0.3) is 10.8 Å². The minimum atomic E-state index is -3.88. The highest BCUT2D eigenvalue weighted by atomic mass is 32.2. The predicted molar refractivity (Wildman–Crippen MR) is 104 cm³/mol. The maximum absolute atomic E-state index is 12.4. The number of anilines is 1. The van der Waals surface area contributed by atoms with Gasteiger partial charge in [0.1, 0.15) is 0 Å². The van der Waals surface area contributed by atoms with Crippen LogP contribution in [-0.2, 0) is 14.8 Å². The second-order valence-electron chi connectivity index (χ2n) is 6.03. The van der Waals surface area contributed by atoms with E-state index in [9.17, 15) is 13.2 Å². The quantitative estimate of drug-likeness (QED) is 0.712. The summed E-state index contributed by atoms with van der Waals surface area (Å²) in [5.41, 5.74) is 0.944. The third kappa shape index (κ3) is 4.31. The van der Waals surface area contributed by atoms with E-state index in [0.717, 1.165) is 10.8 Å². The van der Waals surface area contributed by atoms with E-state index in [1.165, 1.54) is 31.2 Å². The molecular formula is C20H17N3O3S. The number of rotatable bonds is 5. The molecule has 0 aliphatic carbocycles. The Labute approximate surface area is 157 Å². The molecule has 0 aliphatic heterocycles. The zero-order valence-corrected chi connectivity index (χ0v) is 15.3. The van der Waals surface area contributed by atoms with E-state index < -0.39 is 22.0 Å². The van der Waals surface area contributed by atoms with E-state index in [4.69, 9.17) is 5.26 Å². The summed E-state index contributed by atoms with van der Waals surface area (Å²) in [5.74, 6) is -0.470. The monoisotopic (exact) mass is 379 g/mol. The third-order valence-electron chi connectivity index (χ3n) is 4.04. The molecule has 0 fully saturated rings. The van der Waals surface area contributed by atoms with Gasteiger partial charge in [-0.3, -0.25) is 4.79 Å². The van der Waals surface area contributed by atoms with Crippen molar-refractivity contribution in [2.75, 3.05) is 5.32 Å². The summed E-state index contributed by atoms with van der Waals surface area (Å²) in [5, 5.41) is 13.5. The minimum absolute atomic E-state index is 0.00754. The average Bonchev–Trinajstić information content (AvgIpc) is 2.67. The van der Waals surface area contributed by atoms with Crippen LogP contribution in [0.1, 0.15) is 12.5 Å². The highest BCUT2D eigenvalue weighted by molar-refractivity contribution is 7.89. The Morgan fingerprint density at radius 2 is 1.67 bits per heavy atom. The Kier molecular flexibility index (Phi) is 5.21. The Bertz CT molecular complexity index is 1130. The van der Waals surface area contributed by atoms with Crippen molar-refractivity contribution in [3.63, 3.8) is 0 Å². The van der Waals surface area contributed by atoms with Crippen molar-refractivity contribution in [2.45, 2.75) is 17.9 Å². The summed E-state index contributed by atoms with van der Waals surface area (Å²) in [6.45, 7) is 1.47. The lowest BCUT2D eigenvalue weighted by Gasteiger charge is -2.15. The lowest BCUT2D eigenvalue weighted by molar-refractivity contribution is -0.117. The van der Waals surface area contributed by atoms with Crippen molar-refractivity contribution in [1.82, 2.24) is 4.72 Å². The van der Waals surface area contributed by atoms with Crippen molar-refractivity contribution < 1.29 is 13.2 Å². The van der Waals surface area contributed by atoms with Crippen molar-refractivity contribution in [3.05, 3.63) is 72.3 Å². The first-order valence-corrected chi connectivity index (χ1v) is 9.69. The van der Waals surface area contributed by atoms with Crippen molar-refractivity contribution in [1.29, 1.82) is 5.26 Å². The summed E-state index contributed by atoms with van der Waals surface area (Å²) < 4.78 is 27.1. The molecule has 3 aromatic rings. The van der Waals surface area contributed by atoms with Gasteiger partial charge in [-0.25, -0.2) is 8.42 Å². The zero-order chi connectivity index (χ0) is 19.4. The first-order valence-electron chi connectivity index (χ1n) is 8.21. The van der Waals surface area contributed by atoms with Gasteiger partial charge in [-0.05, 0) is 54.1 Å². The van der Waals surface area contributed by atoms with Crippen LogP contribution in [0.3, 0.4) is 0 Å². The van der Waals surface area contributed by atoms with Gasteiger partial charge < -0.3 is 5.32 Å². The molecule has 136 valence electrons. The number of carbonyl (C=O) groups excluding carboxylic acids is 1. The molecular weight excluding hydrogens is 362 g/mol. The van der Waals surface area contributed by atoms with Gasteiger partial charge in [-0.15, -0.1) is 0 Å². The normalized spacial score (nSPS) is 12.3. The van der Waals surface area contributed by atoms with E-state index in [1.54, 1.807) is 6.07 Å². The summed E-state index contributed by atoms with van der Waals surface area (Å²) in [6.07, 6.45) is 0. The van der Waals surface area contributed by atoms with E-state index in [-0.39, 0.29) is 4.90 Å². The molecule has 0 saturated heterocycles. The number of fused-ring (bicyclic) bond motifs is 1. The number of nitrogens with zero attached hydrogens (tertiary/aromatic N) is 1. The van der Waals surface area contributed by atoms with Gasteiger partial charge in [0.05, 0.1) is 22.6 Å². The van der Waals surface area contributed by atoms with Gasteiger partial charge in [0.2, 0.25) is 15.9 Å². The van der Waals surface area contributed by atoms with Gasteiger partial charge in [0, 0.05) is 5.69 Å². The number of carbonyl (C=O) groups is 1. The summed E-state index contributed by atoms with van der Waals surface area (Å²) in [4.78, 5) is 12.4. The first kappa shape index (κ1) is 18.6. The molecule has 0 bridgehead atoms. The fraction of sp³-hybridized carbons (Fsp3) is 0.100. The minimum Gasteiger partial charge on any atom is -0.325 e. The second kappa shape index (κ2) is 7.58. The van der Waals surface area contributed by atoms with Crippen molar-refractivity contribution in [3.8, 4) is 6.07 Å². The van der Waals surface area contributed by atoms with Gasteiger partial charge in [-0.2, -0.15) is 9.98 Å². The number of sulfonamides is 1. The molecule has 1 unspecified atom stereocenters. The fourth-order valence-corrected chi connectivity index (χ4v) is 3.78. The molecule has 1 amide bonds. The van der Waals surface area contributed by atoms with Crippen LogP contribution in [-0.4, -0.2) is 20.4 Å². The molecule has 7 heteroatoms. The first-order chi connectivity index (χ1) is 12.9. The lowest BCUT2D eigenvalue weighted by Crippen LogP contribution is -2.41. The number of hydrogen-bond donors (Lipinski definition) is 2. The smallest absolute Gasteiger partial charge is 0.242 e. The Morgan fingerprint density at radius 3 is 2.33 bits per heavy atom. The van der Waals surface area contributed by atoms with Crippen LogP contribution in [0.4, 0.5) is 5.69 Å². The second-order valence-corrected chi connectivity index (χ2v) is 7.74. The molecule has 1 atom stereocenters. The Hall–Kier alpha value is -3.21. The molecule has 0 spiro atoms. The molecule has 2 N–H and O–H groups in total. The van der Waals surface area contributed by atoms with Crippen LogP contribution in [0.5, 0.6) is 0 Å². The van der Waals surface area contributed by atoms with Gasteiger partial charge in [0.15, 0.2) is 0 Å². The largest absolute Gasteiger partial charge is 0.325 e. The van der Waals surface area contributed by atoms with Gasteiger partial charge in [0.25, 0.3) is 0 Å². The number of benzene rings is 3. The maximum Gasteiger partial charge on any atom is 0.242 e. The molecule has 27 heavy (non-hydrogen) atoms. The van der Waals surface area contributed by atoms with Gasteiger partial charge in [-0.1, -0.05) is 30.3 Å². The summed E-state index contributed by atoms with van der Waals surface area (Å²) in [7, 11) is -3.88. The van der Waals surface area contributed by atoms with Crippen LogP contribution < -0.4 is 10.0 Å². The van der Waals surface area contributed by atoms with E-state index in [2.05, 4.69) is 10.0 Å². The molecule has 3 aromatic carbocycles. The average molecular weight is 379 g/mol. The molecule has 3 rings (SSSR count). The predicted octanol–water partition coefficient (Wildman–Crippen LogP) is 3.02. The molecule has 0 aliphatic rings. The van der Waals surface area contributed by atoms with Crippen molar-refractivity contribution in [2.24, 2.45) is 0 Å². The van der Waals surface area contributed by atoms with E-state index in [1.807, 2.05) is 42.5 Å². The highest BCUT2D eigenvalue weighted by Gasteiger charge is 2.22. The number of nitrogens with one attached hydrogen (secondary N) is 2. The standard InChI is InChI=1S/C20H17N3O3S/c1-14(23-27(25,26)19-10-6-15(13-21)7-11-19)20(24)22-18-9-8-16-4-2-3-5-17(16)12-18/h2-12,14,23H,1H3,(H,22,24). The van der Waals surface area contributed by atoms with E-state index in [0.29, 0.717) is 11.3 Å². The zero-order valence-electron chi connectivity index (χ0n) is 14.5. The molecule has 0 radical (unpaired) electrons. The van der Waals surface area contributed by atoms with Crippen molar-refractivity contribution >= 4 is 32.4 Å². The topological polar surface area (TPSA) is 99.1 Å². The molecule has 0 heterocycles. The molecule has 6 nitrogen and oxygen atoms in total. The Balaban J connectivity index is 1.71.